The van der Waals surface area contributed by atoms with E-state index in [4.69, 9.17) is 0 Å². The Hall–Kier alpha value is -3.28. The lowest BCUT2D eigenvalue weighted by molar-refractivity contribution is 0.0782. The van der Waals surface area contributed by atoms with Crippen LogP contribution >= 0.6 is 0 Å². The van der Waals surface area contributed by atoms with E-state index in [1.165, 1.54) is 0 Å². The van der Waals surface area contributed by atoms with Crippen molar-refractivity contribution in [2.24, 2.45) is 0 Å². The first-order valence-electron chi connectivity index (χ1n) is 8.72. The van der Waals surface area contributed by atoms with Crippen molar-refractivity contribution in [2.75, 3.05) is 13.1 Å². The molecular formula is C20H17N5O. The molecule has 0 spiro atoms. The van der Waals surface area contributed by atoms with Gasteiger partial charge in [0.1, 0.15) is 5.69 Å². The van der Waals surface area contributed by atoms with Crippen molar-refractivity contribution in [3.8, 4) is 0 Å². The number of imidazole rings is 1. The van der Waals surface area contributed by atoms with Crippen molar-refractivity contribution in [1.82, 2.24) is 24.4 Å². The summed E-state index contributed by atoms with van der Waals surface area (Å²) in [4.78, 5) is 28.0. The lowest BCUT2D eigenvalue weighted by Gasteiger charge is -2.17. The van der Waals surface area contributed by atoms with Gasteiger partial charge in [0.25, 0.3) is 5.91 Å². The van der Waals surface area contributed by atoms with Crippen LogP contribution in [-0.2, 0) is 0 Å². The Morgan fingerprint density at radius 1 is 0.962 bits per heavy atom. The summed E-state index contributed by atoms with van der Waals surface area (Å²) >= 11 is 0. The van der Waals surface area contributed by atoms with Gasteiger partial charge in [-0.15, -0.1) is 0 Å². The first-order chi connectivity index (χ1) is 12.8. The number of benzene rings is 2. The fourth-order valence-corrected chi connectivity index (χ4v) is 3.64. The number of likely N-dealkylation sites (tertiary alicyclic amines) is 1. The first-order valence-corrected chi connectivity index (χ1v) is 8.72. The number of rotatable bonds is 2. The number of fused-ring (bicyclic) bond motifs is 2. The van der Waals surface area contributed by atoms with Gasteiger partial charge < -0.3 is 9.47 Å². The van der Waals surface area contributed by atoms with E-state index in [-0.39, 0.29) is 11.9 Å². The fourth-order valence-electron chi connectivity index (χ4n) is 3.64. The fraction of sp³-hybridized carbons (Fsp3) is 0.200. The van der Waals surface area contributed by atoms with E-state index in [2.05, 4.69) is 25.6 Å². The number of aromatic nitrogens is 4. The first kappa shape index (κ1) is 15.0. The van der Waals surface area contributed by atoms with Gasteiger partial charge in [0.15, 0.2) is 0 Å². The summed E-state index contributed by atoms with van der Waals surface area (Å²) in [7, 11) is 0. The van der Waals surface area contributed by atoms with Crippen molar-refractivity contribution in [3.05, 3.63) is 66.7 Å². The van der Waals surface area contributed by atoms with Crippen LogP contribution in [-0.4, -0.2) is 43.4 Å². The van der Waals surface area contributed by atoms with E-state index in [0.717, 1.165) is 28.5 Å². The quantitative estimate of drug-likeness (QED) is 0.561. The maximum Gasteiger partial charge on any atom is 0.274 e. The summed E-state index contributed by atoms with van der Waals surface area (Å²) in [6, 6.07) is 15.9. The van der Waals surface area contributed by atoms with Crippen LogP contribution in [0, 0.1) is 0 Å². The van der Waals surface area contributed by atoms with E-state index >= 15 is 0 Å². The van der Waals surface area contributed by atoms with Crippen molar-refractivity contribution >= 4 is 28.0 Å². The van der Waals surface area contributed by atoms with Crippen molar-refractivity contribution in [1.29, 1.82) is 0 Å². The second kappa shape index (κ2) is 5.91. The van der Waals surface area contributed by atoms with E-state index < -0.39 is 0 Å². The van der Waals surface area contributed by atoms with E-state index in [0.29, 0.717) is 18.8 Å². The molecule has 0 aliphatic carbocycles. The minimum atomic E-state index is -0.0600. The number of hydrogen-bond donors (Lipinski definition) is 0. The van der Waals surface area contributed by atoms with E-state index in [1.807, 2.05) is 53.7 Å². The Morgan fingerprint density at radius 2 is 1.73 bits per heavy atom. The molecule has 128 valence electrons. The Bertz CT molecular complexity index is 1120. The summed E-state index contributed by atoms with van der Waals surface area (Å²) in [6.45, 7) is 1.37. The molecular weight excluding hydrogens is 326 g/mol. The van der Waals surface area contributed by atoms with Crippen LogP contribution < -0.4 is 0 Å². The highest BCUT2D eigenvalue weighted by atomic mass is 16.2. The van der Waals surface area contributed by atoms with E-state index in [9.17, 15) is 4.79 Å². The molecule has 6 nitrogen and oxygen atoms in total. The van der Waals surface area contributed by atoms with Crippen molar-refractivity contribution in [2.45, 2.75) is 12.5 Å². The van der Waals surface area contributed by atoms with Crippen molar-refractivity contribution in [3.63, 3.8) is 0 Å². The van der Waals surface area contributed by atoms with Crippen LogP contribution in [0.5, 0.6) is 0 Å². The smallest absolute Gasteiger partial charge is 0.274 e. The number of nitrogens with zero attached hydrogens (tertiary/aromatic N) is 5. The SMILES string of the molecule is O=C(c1cnc2ccccc2n1)N1CC[C@@H](n2cnc3ccccc32)C1. The highest BCUT2D eigenvalue weighted by molar-refractivity contribution is 5.94. The number of carbonyl (C=O) groups is 1. The number of amides is 1. The van der Waals surface area contributed by atoms with Gasteiger partial charge in [-0.1, -0.05) is 24.3 Å². The molecule has 6 heteroatoms. The molecule has 2 aromatic heterocycles. The predicted molar refractivity (Wildman–Crippen MR) is 98.8 cm³/mol. The minimum absolute atomic E-state index is 0.0600. The Kier molecular flexibility index (Phi) is 3.41. The van der Waals surface area contributed by atoms with E-state index in [1.54, 1.807) is 6.20 Å². The highest BCUT2D eigenvalue weighted by Gasteiger charge is 2.29. The molecule has 0 saturated carbocycles. The molecule has 0 N–H and O–H groups in total. The average Bonchev–Trinajstić information content (AvgIpc) is 3.34. The number of para-hydroxylation sites is 4. The summed E-state index contributed by atoms with van der Waals surface area (Å²) in [5.41, 5.74) is 4.04. The zero-order valence-electron chi connectivity index (χ0n) is 14.1. The molecule has 3 heterocycles. The van der Waals surface area contributed by atoms with Gasteiger partial charge in [0.2, 0.25) is 0 Å². The highest BCUT2D eigenvalue weighted by Crippen LogP contribution is 2.26. The molecule has 0 bridgehead atoms. The molecule has 2 aromatic carbocycles. The molecule has 26 heavy (non-hydrogen) atoms. The molecule has 0 radical (unpaired) electrons. The van der Waals surface area contributed by atoms with Gasteiger partial charge in [-0.3, -0.25) is 9.78 Å². The molecule has 1 saturated heterocycles. The van der Waals surface area contributed by atoms with Crippen LogP contribution in [0.25, 0.3) is 22.1 Å². The molecule has 1 fully saturated rings. The van der Waals surface area contributed by atoms with Crippen molar-refractivity contribution < 1.29 is 4.79 Å². The molecule has 1 amide bonds. The number of hydrogen-bond acceptors (Lipinski definition) is 4. The number of carbonyl (C=O) groups excluding carboxylic acids is 1. The van der Waals surface area contributed by atoms with Crippen LogP contribution in [0.1, 0.15) is 23.0 Å². The Morgan fingerprint density at radius 3 is 2.62 bits per heavy atom. The predicted octanol–water partition coefficient (Wildman–Crippen LogP) is 3.07. The van der Waals surface area contributed by atoms with Crippen LogP contribution in [0.2, 0.25) is 0 Å². The second-order valence-electron chi connectivity index (χ2n) is 6.58. The zero-order chi connectivity index (χ0) is 17.5. The molecule has 5 rings (SSSR count). The third-order valence-electron chi connectivity index (χ3n) is 4.99. The topological polar surface area (TPSA) is 63.9 Å². The van der Waals surface area contributed by atoms with Gasteiger partial charge >= 0.3 is 0 Å². The Balaban J connectivity index is 1.40. The van der Waals surface area contributed by atoms with Gasteiger partial charge in [-0.2, -0.15) is 0 Å². The lowest BCUT2D eigenvalue weighted by atomic mass is 10.2. The molecule has 4 aromatic rings. The summed E-state index contributed by atoms with van der Waals surface area (Å²) in [5, 5.41) is 0. The lowest BCUT2D eigenvalue weighted by Crippen LogP contribution is -2.29. The zero-order valence-corrected chi connectivity index (χ0v) is 14.1. The molecule has 1 aliphatic rings. The Labute approximate surface area is 150 Å². The standard InChI is InChI=1S/C20H17N5O/c26-20(18-11-21-15-5-1-2-6-16(15)23-18)24-10-9-14(12-24)25-13-22-17-7-3-4-8-19(17)25/h1-8,11,13-14H,9-10,12H2/t14-/m1/s1. The second-order valence-corrected chi connectivity index (χ2v) is 6.58. The maximum atomic E-state index is 12.9. The summed E-state index contributed by atoms with van der Waals surface area (Å²) in [5.74, 6) is -0.0600. The van der Waals surface area contributed by atoms with Gasteiger partial charge in [-0.05, 0) is 30.7 Å². The minimum Gasteiger partial charge on any atom is -0.335 e. The summed E-state index contributed by atoms with van der Waals surface area (Å²) < 4.78 is 2.18. The maximum absolute atomic E-state index is 12.9. The van der Waals surface area contributed by atoms with Gasteiger partial charge in [-0.25, -0.2) is 9.97 Å². The van der Waals surface area contributed by atoms with Crippen LogP contribution in [0.3, 0.4) is 0 Å². The largest absolute Gasteiger partial charge is 0.335 e. The molecule has 1 aliphatic heterocycles. The molecule has 0 unspecified atom stereocenters. The monoisotopic (exact) mass is 343 g/mol. The van der Waals surface area contributed by atoms with Gasteiger partial charge in [0, 0.05) is 13.1 Å². The normalized spacial score (nSPS) is 17.2. The average molecular weight is 343 g/mol. The van der Waals surface area contributed by atoms with Gasteiger partial charge in [0.05, 0.1) is 40.6 Å². The third kappa shape index (κ3) is 2.42. The third-order valence-corrected chi connectivity index (χ3v) is 4.99. The van der Waals surface area contributed by atoms with Crippen LogP contribution in [0.4, 0.5) is 0 Å². The van der Waals surface area contributed by atoms with Crippen LogP contribution in [0.15, 0.2) is 61.1 Å². The molecule has 1 atom stereocenters. The summed E-state index contributed by atoms with van der Waals surface area (Å²) in [6.07, 6.45) is 4.36.